The Labute approximate surface area is 271 Å². The largest absolute Gasteiger partial charge is 0.452 e. The highest BCUT2D eigenvalue weighted by molar-refractivity contribution is 6.09. The standard InChI is InChI=1S/C37H42N6O3/c1-3-41(4-2)33-14-11-31-23-35(46-34(31)24-33)37(45)30-9-12-32(13-10-30)42-19-21-43(22-20-42)36(44)27-40-17-15-39(16-18-40)26-29-7-5-28(25-38)6-8-29/h5-14,23-24H,3-4,15-22,26-27H2,1-2H3. The van der Waals surface area contributed by atoms with Crippen LogP contribution < -0.4 is 9.80 Å². The minimum atomic E-state index is -0.127. The number of nitrogens with zero attached hydrogens (tertiary/aromatic N) is 6. The lowest BCUT2D eigenvalue weighted by Gasteiger charge is -2.38. The number of rotatable bonds is 10. The Balaban J connectivity index is 0.965. The van der Waals surface area contributed by atoms with Crippen LogP contribution in [0.1, 0.15) is 41.1 Å². The molecule has 238 valence electrons. The van der Waals surface area contributed by atoms with E-state index >= 15 is 0 Å². The Bertz CT molecular complexity index is 1690. The van der Waals surface area contributed by atoms with Gasteiger partial charge < -0.3 is 19.1 Å². The third kappa shape index (κ3) is 7.09. The molecular formula is C37H42N6O3. The first-order valence-corrected chi connectivity index (χ1v) is 16.3. The van der Waals surface area contributed by atoms with E-state index in [9.17, 15) is 9.59 Å². The molecule has 0 unspecified atom stereocenters. The van der Waals surface area contributed by atoms with Crippen LogP contribution in [-0.4, -0.2) is 98.4 Å². The Hall–Kier alpha value is -4.65. The number of benzene rings is 3. The third-order valence-electron chi connectivity index (χ3n) is 9.30. The predicted molar refractivity (Wildman–Crippen MR) is 181 cm³/mol. The molecule has 3 aromatic carbocycles. The SMILES string of the molecule is CCN(CC)c1ccc2cc(C(=O)c3ccc(N4CCN(C(=O)CN5CCN(Cc6ccc(C#N)cc6)CC5)CC4)cc3)oc2c1. The second-order valence-corrected chi connectivity index (χ2v) is 12.1. The first-order chi connectivity index (χ1) is 22.4. The van der Waals surface area contributed by atoms with Gasteiger partial charge in [-0.25, -0.2) is 0 Å². The highest BCUT2D eigenvalue weighted by atomic mass is 16.3. The summed E-state index contributed by atoms with van der Waals surface area (Å²) in [4.78, 5) is 37.5. The van der Waals surface area contributed by atoms with Crippen molar-refractivity contribution in [3.05, 3.63) is 95.2 Å². The summed E-state index contributed by atoms with van der Waals surface area (Å²) in [5.74, 6) is 0.410. The minimum absolute atomic E-state index is 0.127. The van der Waals surface area contributed by atoms with Gasteiger partial charge >= 0.3 is 0 Å². The van der Waals surface area contributed by atoms with E-state index in [-0.39, 0.29) is 11.7 Å². The van der Waals surface area contributed by atoms with Gasteiger partial charge in [0, 0.05) is 100 Å². The van der Waals surface area contributed by atoms with Crippen LogP contribution >= 0.6 is 0 Å². The van der Waals surface area contributed by atoms with E-state index in [1.54, 1.807) is 0 Å². The number of furan rings is 1. The van der Waals surface area contributed by atoms with E-state index < -0.39 is 0 Å². The van der Waals surface area contributed by atoms with Crippen molar-refractivity contribution in [2.75, 3.05) is 81.8 Å². The van der Waals surface area contributed by atoms with Crippen molar-refractivity contribution in [3.63, 3.8) is 0 Å². The molecule has 0 atom stereocenters. The molecule has 0 bridgehead atoms. The van der Waals surface area contributed by atoms with Crippen LogP contribution in [0.3, 0.4) is 0 Å². The summed E-state index contributed by atoms with van der Waals surface area (Å²) in [6.45, 7) is 13.9. The molecule has 1 amide bonds. The number of fused-ring (bicyclic) bond motifs is 1. The summed E-state index contributed by atoms with van der Waals surface area (Å²) in [6.07, 6.45) is 0. The smallest absolute Gasteiger partial charge is 0.236 e. The van der Waals surface area contributed by atoms with Crippen LogP contribution in [-0.2, 0) is 11.3 Å². The van der Waals surface area contributed by atoms with Gasteiger partial charge in [0.1, 0.15) is 5.58 Å². The fraction of sp³-hybridized carbons (Fsp3) is 0.378. The van der Waals surface area contributed by atoms with Crippen LogP contribution in [0, 0.1) is 11.3 Å². The highest BCUT2D eigenvalue weighted by Crippen LogP contribution is 2.27. The quantitative estimate of drug-likeness (QED) is 0.233. The zero-order valence-corrected chi connectivity index (χ0v) is 26.8. The number of piperazine rings is 2. The van der Waals surface area contributed by atoms with Gasteiger partial charge in [-0.3, -0.25) is 19.4 Å². The molecule has 2 fully saturated rings. The van der Waals surface area contributed by atoms with Crippen LogP contribution in [0.25, 0.3) is 11.0 Å². The van der Waals surface area contributed by atoms with Crippen LogP contribution in [0.15, 0.2) is 77.2 Å². The molecule has 2 aliphatic rings. The second kappa shape index (κ2) is 14.2. The molecule has 0 radical (unpaired) electrons. The number of hydrogen-bond donors (Lipinski definition) is 0. The molecule has 3 heterocycles. The average molecular weight is 619 g/mol. The summed E-state index contributed by atoms with van der Waals surface area (Å²) in [5, 5.41) is 9.92. The minimum Gasteiger partial charge on any atom is -0.452 e. The van der Waals surface area contributed by atoms with Crippen molar-refractivity contribution in [1.29, 1.82) is 5.26 Å². The summed E-state index contributed by atoms with van der Waals surface area (Å²) < 4.78 is 6.00. The molecule has 46 heavy (non-hydrogen) atoms. The molecule has 6 rings (SSSR count). The first-order valence-electron chi connectivity index (χ1n) is 16.3. The highest BCUT2D eigenvalue weighted by Gasteiger charge is 2.25. The maximum absolute atomic E-state index is 13.3. The van der Waals surface area contributed by atoms with Crippen LogP contribution in [0.5, 0.6) is 0 Å². The molecule has 1 aromatic heterocycles. The van der Waals surface area contributed by atoms with Crippen molar-refractivity contribution in [2.24, 2.45) is 0 Å². The predicted octanol–water partition coefficient (Wildman–Crippen LogP) is 4.85. The lowest BCUT2D eigenvalue weighted by molar-refractivity contribution is -0.133. The van der Waals surface area contributed by atoms with Gasteiger partial charge in [-0.1, -0.05) is 12.1 Å². The Morgan fingerprint density at radius 3 is 2.13 bits per heavy atom. The van der Waals surface area contributed by atoms with E-state index in [4.69, 9.17) is 9.68 Å². The van der Waals surface area contributed by atoms with Gasteiger partial charge in [0.15, 0.2) is 5.76 Å². The van der Waals surface area contributed by atoms with Gasteiger partial charge in [0.25, 0.3) is 0 Å². The fourth-order valence-electron chi connectivity index (χ4n) is 6.44. The molecule has 9 heteroatoms. The molecule has 2 aliphatic heterocycles. The first kappa shape index (κ1) is 31.3. The number of anilines is 2. The van der Waals surface area contributed by atoms with E-state index in [1.165, 1.54) is 5.56 Å². The van der Waals surface area contributed by atoms with Crippen LogP contribution in [0.4, 0.5) is 11.4 Å². The van der Waals surface area contributed by atoms with Crippen molar-refractivity contribution < 1.29 is 14.0 Å². The molecular weight excluding hydrogens is 576 g/mol. The van der Waals surface area contributed by atoms with Gasteiger partial charge in [0.05, 0.1) is 18.2 Å². The third-order valence-corrected chi connectivity index (χ3v) is 9.30. The monoisotopic (exact) mass is 618 g/mol. The molecule has 0 N–H and O–H groups in total. The number of carbonyl (C=O) groups is 2. The van der Waals surface area contributed by atoms with Crippen molar-refractivity contribution in [3.8, 4) is 6.07 Å². The normalized spacial score (nSPS) is 16.0. The lowest BCUT2D eigenvalue weighted by Crippen LogP contribution is -2.53. The molecule has 0 aliphatic carbocycles. The number of hydrogen-bond acceptors (Lipinski definition) is 8. The molecule has 0 saturated carbocycles. The molecule has 9 nitrogen and oxygen atoms in total. The molecule has 2 saturated heterocycles. The number of carbonyl (C=O) groups excluding carboxylic acids is 2. The zero-order chi connectivity index (χ0) is 32.0. The van der Waals surface area contributed by atoms with E-state index in [2.05, 4.69) is 45.6 Å². The summed E-state index contributed by atoms with van der Waals surface area (Å²) in [6, 6.07) is 25.6. The van der Waals surface area contributed by atoms with Gasteiger partial charge in [-0.15, -0.1) is 0 Å². The summed E-state index contributed by atoms with van der Waals surface area (Å²) in [5.41, 5.74) is 5.35. The average Bonchev–Trinajstić information content (AvgIpc) is 3.54. The number of amides is 1. The van der Waals surface area contributed by atoms with Crippen molar-refractivity contribution in [2.45, 2.75) is 20.4 Å². The maximum Gasteiger partial charge on any atom is 0.236 e. The van der Waals surface area contributed by atoms with E-state index in [1.807, 2.05) is 71.6 Å². The van der Waals surface area contributed by atoms with Gasteiger partial charge in [-0.05, 0) is 74.0 Å². The van der Waals surface area contributed by atoms with Gasteiger partial charge in [-0.2, -0.15) is 5.26 Å². The number of ketones is 1. The van der Waals surface area contributed by atoms with Crippen LogP contribution in [0.2, 0.25) is 0 Å². The zero-order valence-electron chi connectivity index (χ0n) is 26.8. The van der Waals surface area contributed by atoms with E-state index in [0.717, 1.165) is 81.2 Å². The Morgan fingerprint density at radius 1 is 0.804 bits per heavy atom. The summed E-state index contributed by atoms with van der Waals surface area (Å²) in [7, 11) is 0. The van der Waals surface area contributed by atoms with Gasteiger partial charge in [0.2, 0.25) is 11.7 Å². The molecule has 0 spiro atoms. The second-order valence-electron chi connectivity index (χ2n) is 12.1. The molecule has 4 aromatic rings. The summed E-state index contributed by atoms with van der Waals surface area (Å²) >= 11 is 0. The fourth-order valence-corrected chi connectivity index (χ4v) is 6.44. The Kier molecular flexibility index (Phi) is 9.67. The van der Waals surface area contributed by atoms with E-state index in [0.29, 0.717) is 36.5 Å². The lowest BCUT2D eigenvalue weighted by atomic mass is 10.1. The number of nitriles is 1. The van der Waals surface area contributed by atoms with Crippen molar-refractivity contribution >= 4 is 34.0 Å². The Morgan fingerprint density at radius 2 is 1.48 bits per heavy atom. The van der Waals surface area contributed by atoms with Crippen molar-refractivity contribution in [1.82, 2.24) is 14.7 Å². The maximum atomic E-state index is 13.3. The topological polar surface area (TPSA) is 87.3 Å².